The van der Waals surface area contributed by atoms with Gasteiger partial charge in [0.25, 0.3) is 0 Å². The average molecular weight is 259 g/mol. The molecule has 0 aliphatic carbocycles. The maximum atomic E-state index is 5.68. The van der Waals surface area contributed by atoms with Gasteiger partial charge in [0.1, 0.15) is 17.2 Å². The average Bonchev–Trinajstić information content (AvgIpc) is 2.40. The quantitative estimate of drug-likeness (QED) is 0.789. The van der Waals surface area contributed by atoms with E-state index in [0.717, 1.165) is 28.0 Å². The van der Waals surface area contributed by atoms with E-state index < -0.39 is 0 Å². The summed E-state index contributed by atoms with van der Waals surface area (Å²) in [5.41, 5.74) is 0. The molecule has 0 aliphatic rings. The maximum Gasteiger partial charge on any atom is 0.130 e. The normalized spacial score (nSPS) is 10.5. The third-order valence-electron chi connectivity index (χ3n) is 2.69. The molecule has 0 aromatic heterocycles. The zero-order chi connectivity index (χ0) is 13.7. The second-order valence-corrected chi connectivity index (χ2v) is 4.02. The van der Waals surface area contributed by atoms with Gasteiger partial charge in [-0.15, -0.1) is 0 Å². The summed E-state index contributed by atoms with van der Waals surface area (Å²) >= 11 is 0. The Morgan fingerprint density at radius 2 is 1.53 bits per heavy atom. The number of rotatable bonds is 6. The molecule has 0 aliphatic heterocycles. The number of ether oxygens (including phenoxy) is 3. The molecule has 2 rings (SSSR count). The van der Waals surface area contributed by atoms with Crippen molar-refractivity contribution in [2.24, 2.45) is 0 Å². The standard InChI is InChI=1S/C16H19O3/c1-4-17-13-8-7-12-9-14(18-5-2)11-16(19-6-3)15(12)10-13/h8-11H,4-6H2,1-3H3. The smallest absolute Gasteiger partial charge is 0.130 e. The van der Waals surface area contributed by atoms with Crippen LogP contribution in [-0.4, -0.2) is 19.8 Å². The highest BCUT2D eigenvalue weighted by Gasteiger charge is 2.08. The van der Waals surface area contributed by atoms with E-state index in [4.69, 9.17) is 14.2 Å². The lowest BCUT2D eigenvalue weighted by molar-refractivity contribution is 0.325. The molecule has 1 radical (unpaired) electrons. The molecule has 0 unspecified atom stereocenters. The van der Waals surface area contributed by atoms with Crippen molar-refractivity contribution in [2.75, 3.05) is 19.8 Å². The summed E-state index contributed by atoms with van der Waals surface area (Å²) in [6.45, 7) is 7.78. The van der Waals surface area contributed by atoms with Crippen molar-refractivity contribution >= 4 is 10.8 Å². The Morgan fingerprint density at radius 3 is 2.21 bits per heavy atom. The highest BCUT2D eigenvalue weighted by atomic mass is 16.5. The fourth-order valence-electron chi connectivity index (χ4n) is 1.98. The van der Waals surface area contributed by atoms with Gasteiger partial charge in [0.15, 0.2) is 0 Å². The second-order valence-electron chi connectivity index (χ2n) is 4.02. The largest absolute Gasteiger partial charge is 0.494 e. The molecule has 0 atom stereocenters. The summed E-state index contributed by atoms with van der Waals surface area (Å²) in [6, 6.07) is 10.9. The van der Waals surface area contributed by atoms with Gasteiger partial charge in [-0.05, 0) is 50.4 Å². The van der Waals surface area contributed by atoms with Crippen LogP contribution >= 0.6 is 0 Å². The molecule has 0 saturated heterocycles. The first kappa shape index (κ1) is 13.5. The number of benzene rings is 2. The van der Waals surface area contributed by atoms with Crippen molar-refractivity contribution in [1.29, 1.82) is 0 Å². The summed E-state index contributed by atoms with van der Waals surface area (Å²) in [7, 11) is 0. The van der Waals surface area contributed by atoms with Gasteiger partial charge >= 0.3 is 0 Å². The molecule has 19 heavy (non-hydrogen) atoms. The van der Waals surface area contributed by atoms with Gasteiger partial charge in [-0.2, -0.15) is 0 Å². The summed E-state index contributed by atoms with van der Waals surface area (Å²) < 4.78 is 16.7. The number of fused-ring (bicyclic) bond motifs is 1. The lowest BCUT2D eigenvalue weighted by Gasteiger charge is -2.12. The molecule has 3 heteroatoms. The monoisotopic (exact) mass is 259 g/mol. The third kappa shape index (κ3) is 3.11. The Hall–Kier alpha value is -1.90. The van der Waals surface area contributed by atoms with Gasteiger partial charge in [0.2, 0.25) is 0 Å². The van der Waals surface area contributed by atoms with Crippen LogP contribution in [0.4, 0.5) is 0 Å². The van der Waals surface area contributed by atoms with Gasteiger partial charge in [0, 0.05) is 11.5 Å². The maximum absolute atomic E-state index is 5.68. The molecule has 0 bridgehead atoms. The summed E-state index contributed by atoms with van der Waals surface area (Å²) in [5.74, 6) is 2.42. The van der Waals surface area contributed by atoms with Gasteiger partial charge in [0.05, 0.1) is 19.8 Å². The van der Waals surface area contributed by atoms with Crippen LogP contribution in [0.3, 0.4) is 0 Å². The van der Waals surface area contributed by atoms with Crippen molar-refractivity contribution in [1.82, 2.24) is 0 Å². The van der Waals surface area contributed by atoms with Crippen LogP contribution in [0, 0.1) is 6.07 Å². The highest BCUT2D eigenvalue weighted by Crippen LogP contribution is 2.33. The molecule has 0 spiro atoms. The molecule has 3 nitrogen and oxygen atoms in total. The third-order valence-corrected chi connectivity index (χ3v) is 2.69. The Labute approximate surface area is 114 Å². The highest BCUT2D eigenvalue weighted by molar-refractivity contribution is 5.90. The number of hydrogen-bond donors (Lipinski definition) is 0. The molecule has 0 amide bonds. The number of hydrogen-bond acceptors (Lipinski definition) is 3. The minimum atomic E-state index is 0.615. The van der Waals surface area contributed by atoms with Crippen LogP contribution < -0.4 is 14.2 Å². The molecule has 101 valence electrons. The predicted octanol–water partition coefficient (Wildman–Crippen LogP) is 3.84. The Balaban J connectivity index is 2.51. The molecule has 0 saturated carbocycles. The van der Waals surface area contributed by atoms with Crippen LogP contribution in [0.25, 0.3) is 10.8 Å². The van der Waals surface area contributed by atoms with Crippen molar-refractivity contribution in [3.63, 3.8) is 0 Å². The van der Waals surface area contributed by atoms with Crippen molar-refractivity contribution in [3.8, 4) is 17.2 Å². The van der Waals surface area contributed by atoms with E-state index in [1.165, 1.54) is 0 Å². The lowest BCUT2D eigenvalue weighted by atomic mass is 10.1. The summed E-state index contributed by atoms with van der Waals surface area (Å²) in [4.78, 5) is 0. The van der Waals surface area contributed by atoms with E-state index in [0.29, 0.717) is 19.8 Å². The fourth-order valence-corrected chi connectivity index (χ4v) is 1.98. The van der Waals surface area contributed by atoms with Crippen molar-refractivity contribution in [2.45, 2.75) is 20.8 Å². The van der Waals surface area contributed by atoms with Crippen LogP contribution in [0.5, 0.6) is 17.2 Å². The van der Waals surface area contributed by atoms with Crippen LogP contribution in [-0.2, 0) is 0 Å². The van der Waals surface area contributed by atoms with Gasteiger partial charge in [-0.3, -0.25) is 0 Å². The first-order valence-corrected chi connectivity index (χ1v) is 6.66. The SMILES string of the molecule is CCOc1cc(OCC)c2cc(OCC)c[c]c2c1. The van der Waals surface area contributed by atoms with E-state index in [1.807, 2.05) is 45.0 Å². The molecular formula is C16H19O3. The molecule has 0 heterocycles. The van der Waals surface area contributed by atoms with E-state index in [-0.39, 0.29) is 0 Å². The van der Waals surface area contributed by atoms with Crippen LogP contribution in [0.1, 0.15) is 20.8 Å². The molecule has 0 fully saturated rings. The Kier molecular flexibility index (Phi) is 4.50. The van der Waals surface area contributed by atoms with Crippen LogP contribution in [0.2, 0.25) is 0 Å². The van der Waals surface area contributed by atoms with E-state index in [2.05, 4.69) is 6.07 Å². The Bertz CT molecular complexity index is 549. The van der Waals surface area contributed by atoms with Gasteiger partial charge in [-0.1, -0.05) is 0 Å². The Morgan fingerprint density at radius 1 is 0.842 bits per heavy atom. The first-order valence-electron chi connectivity index (χ1n) is 6.66. The second kappa shape index (κ2) is 6.32. The van der Waals surface area contributed by atoms with Gasteiger partial charge < -0.3 is 14.2 Å². The predicted molar refractivity (Wildman–Crippen MR) is 76.3 cm³/mol. The molecule has 2 aromatic carbocycles. The minimum Gasteiger partial charge on any atom is -0.494 e. The molecular weight excluding hydrogens is 240 g/mol. The molecule has 2 aromatic rings. The van der Waals surface area contributed by atoms with Crippen molar-refractivity contribution < 1.29 is 14.2 Å². The summed E-state index contributed by atoms with van der Waals surface area (Å²) in [5, 5.41) is 1.97. The van der Waals surface area contributed by atoms with E-state index >= 15 is 0 Å². The van der Waals surface area contributed by atoms with Crippen molar-refractivity contribution in [3.05, 3.63) is 30.3 Å². The van der Waals surface area contributed by atoms with E-state index in [9.17, 15) is 0 Å². The molecule has 0 N–H and O–H groups in total. The summed E-state index contributed by atoms with van der Waals surface area (Å²) in [6.07, 6.45) is 0. The zero-order valence-electron chi connectivity index (χ0n) is 11.7. The first-order chi connectivity index (χ1) is 9.28. The lowest BCUT2D eigenvalue weighted by Crippen LogP contribution is -1.97. The van der Waals surface area contributed by atoms with E-state index in [1.54, 1.807) is 0 Å². The van der Waals surface area contributed by atoms with Crippen LogP contribution in [0.15, 0.2) is 24.3 Å². The van der Waals surface area contributed by atoms with Gasteiger partial charge in [-0.25, -0.2) is 0 Å². The minimum absolute atomic E-state index is 0.615. The fraction of sp³-hybridized carbons (Fsp3) is 0.375. The zero-order valence-corrected chi connectivity index (χ0v) is 11.7. The topological polar surface area (TPSA) is 27.7 Å².